The van der Waals surface area contributed by atoms with E-state index in [1.807, 2.05) is 0 Å². The lowest BCUT2D eigenvalue weighted by atomic mass is 9.90. The molecule has 1 saturated carbocycles. The summed E-state index contributed by atoms with van der Waals surface area (Å²) in [5.41, 5.74) is 0. The van der Waals surface area contributed by atoms with Crippen LogP contribution >= 0.6 is 0 Å². The molecule has 0 radical (unpaired) electrons. The Bertz CT molecular complexity index is 160. The van der Waals surface area contributed by atoms with E-state index in [1.165, 1.54) is 38.6 Å². The molecule has 2 heteroatoms. The first kappa shape index (κ1) is 13.0. The Morgan fingerprint density at radius 3 is 2.27 bits per heavy atom. The Labute approximate surface area is 95.4 Å². The zero-order chi connectivity index (χ0) is 11.3. The summed E-state index contributed by atoms with van der Waals surface area (Å²) in [7, 11) is 2.28. The molecule has 0 bridgehead atoms. The van der Waals surface area contributed by atoms with Gasteiger partial charge in [0.1, 0.15) is 0 Å². The molecular weight excluding hydrogens is 184 g/mol. The van der Waals surface area contributed by atoms with Gasteiger partial charge in [0.25, 0.3) is 0 Å². The molecule has 1 aliphatic carbocycles. The van der Waals surface area contributed by atoms with Crippen molar-refractivity contribution >= 4 is 0 Å². The maximum absolute atomic E-state index is 3.65. The van der Waals surface area contributed by atoms with E-state index in [4.69, 9.17) is 0 Å². The second-order valence-electron chi connectivity index (χ2n) is 5.31. The SMILES string of the molecule is CCCN(C)[C@H]1CC[C@@H](NC(C)C)CC1. The van der Waals surface area contributed by atoms with Crippen LogP contribution in [0.2, 0.25) is 0 Å². The Morgan fingerprint density at radius 2 is 1.80 bits per heavy atom. The number of hydrogen-bond donors (Lipinski definition) is 1. The predicted octanol–water partition coefficient (Wildman–Crippen LogP) is 2.64. The average molecular weight is 212 g/mol. The molecule has 1 N–H and O–H groups in total. The van der Waals surface area contributed by atoms with E-state index in [9.17, 15) is 0 Å². The van der Waals surface area contributed by atoms with E-state index < -0.39 is 0 Å². The highest BCUT2D eigenvalue weighted by molar-refractivity contribution is 4.82. The third kappa shape index (κ3) is 4.52. The molecule has 90 valence electrons. The van der Waals surface area contributed by atoms with Crippen molar-refractivity contribution in [1.82, 2.24) is 10.2 Å². The van der Waals surface area contributed by atoms with Crippen LogP contribution < -0.4 is 5.32 Å². The monoisotopic (exact) mass is 212 g/mol. The molecule has 0 aromatic carbocycles. The Balaban J connectivity index is 2.23. The van der Waals surface area contributed by atoms with Crippen molar-refractivity contribution in [2.45, 2.75) is 71.0 Å². The van der Waals surface area contributed by atoms with Gasteiger partial charge in [-0.1, -0.05) is 20.8 Å². The van der Waals surface area contributed by atoms with Crippen LogP contribution in [-0.4, -0.2) is 36.6 Å². The fourth-order valence-electron chi connectivity index (χ4n) is 2.69. The van der Waals surface area contributed by atoms with Gasteiger partial charge in [0.15, 0.2) is 0 Å². The standard InChI is InChI=1S/C13H28N2/c1-5-10-15(4)13-8-6-12(7-9-13)14-11(2)3/h11-14H,5-10H2,1-4H3/t12-,13+. The fourth-order valence-corrected chi connectivity index (χ4v) is 2.69. The maximum atomic E-state index is 3.65. The molecule has 0 heterocycles. The molecule has 1 fully saturated rings. The Kier molecular flexibility index (Phi) is 5.62. The molecule has 1 aliphatic rings. The fraction of sp³-hybridized carbons (Fsp3) is 1.00. The van der Waals surface area contributed by atoms with E-state index in [2.05, 4.69) is 38.0 Å². The van der Waals surface area contributed by atoms with Crippen molar-refractivity contribution in [1.29, 1.82) is 0 Å². The van der Waals surface area contributed by atoms with E-state index in [1.54, 1.807) is 0 Å². The zero-order valence-corrected chi connectivity index (χ0v) is 10.9. The molecule has 0 aromatic heterocycles. The van der Waals surface area contributed by atoms with E-state index >= 15 is 0 Å². The van der Waals surface area contributed by atoms with Crippen molar-refractivity contribution in [2.75, 3.05) is 13.6 Å². The average Bonchev–Trinajstić information content (AvgIpc) is 2.18. The predicted molar refractivity (Wildman–Crippen MR) is 67.2 cm³/mol. The van der Waals surface area contributed by atoms with Gasteiger partial charge >= 0.3 is 0 Å². The summed E-state index contributed by atoms with van der Waals surface area (Å²) in [6, 6.07) is 2.26. The second-order valence-corrected chi connectivity index (χ2v) is 5.31. The molecule has 1 rings (SSSR count). The highest BCUT2D eigenvalue weighted by Gasteiger charge is 2.23. The highest BCUT2D eigenvalue weighted by Crippen LogP contribution is 2.22. The zero-order valence-electron chi connectivity index (χ0n) is 10.9. The maximum Gasteiger partial charge on any atom is 0.00933 e. The minimum absolute atomic E-state index is 0.639. The minimum atomic E-state index is 0.639. The summed E-state index contributed by atoms with van der Waals surface area (Å²) in [6.07, 6.45) is 6.75. The van der Waals surface area contributed by atoms with Crippen LogP contribution in [0, 0.1) is 0 Å². The molecule has 0 spiro atoms. The van der Waals surface area contributed by atoms with Gasteiger partial charge < -0.3 is 10.2 Å². The van der Waals surface area contributed by atoms with Crippen LogP contribution in [0.5, 0.6) is 0 Å². The van der Waals surface area contributed by atoms with Gasteiger partial charge in [-0.15, -0.1) is 0 Å². The molecule has 2 nitrogen and oxygen atoms in total. The molecular formula is C13H28N2. The first-order valence-corrected chi connectivity index (χ1v) is 6.59. The lowest BCUT2D eigenvalue weighted by molar-refractivity contribution is 0.172. The molecule has 0 unspecified atom stereocenters. The Morgan fingerprint density at radius 1 is 1.20 bits per heavy atom. The van der Waals surface area contributed by atoms with Crippen molar-refractivity contribution in [3.63, 3.8) is 0 Å². The van der Waals surface area contributed by atoms with Crippen molar-refractivity contribution in [2.24, 2.45) is 0 Å². The number of hydrogen-bond acceptors (Lipinski definition) is 2. The van der Waals surface area contributed by atoms with Crippen LogP contribution in [0.3, 0.4) is 0 Å². The van der Waals surface area contributed by atoms with Gasteiger partial charge in [0, 0.05) is 18.1 Å². The first-order chi connectivity index (χ1) is 7.13. The van der Waals surface area contributed by atoms with Crippen LogP contribution in [0.4, 0.5) is 0 Å². The molecule has 0 saturated heterocycles. The van der Waals surface area contributed by atoms with Crippen molar-refractivity contribution in [3.05, 3.63) is 0 Å². The smallest absolute Gasteiger partial charge is 0.00933 e. The normalized spacial score (nSPS) is 27.6. The quantitative estimate of drug-likeness (QED) is 0.753. The molecule has 0 aliphatic heterocycles. The summed E-state index contributed by atoms with van der Waals surface area (Å²) >= 11 is 0. The molecule has 0 atom stereocenters. The molecule has 0 amide bonds. The number of rotatable bonds is 5. The second kappa shape index (κ2) is 6.49. The van der Waals surface area contributed by atoms with Gasteiger partial charge in [-0.25, -0.2) is 0 Å². The van der Waals surface area contributed by atoms with Gasteiger partial charge in [-0.05, 0) is 45.7 Å². The van der Waals surface area contributed by atoms with Crippen LogP contribution in [0.1, 0.15) is 52.9 Å². The Hall–Kier alpha value is -0.0800. The first-order valence-electron chi connectivity index (χ1n) is 6.59. The lowest BCUT2D eigenvalue weighted by Crippen LogP contribution is -2.43. The van der Waals surface area contributed by atoms with E-state index in [-0.39, 0.29) is 0 Å². The summed E-state index contributed by atoms with van der Waals surface area (Å²) in [6.45, 7) is 8.01. The van der Waals surface area contributed by atoms with Crippen molar-refractivity contribution < 1.29 is 0 Å². The van der Waals surface area contributed by atoms with Crippen LogP contribution in [-0.2, 0) is 0 Å². The highest BCUT2D eigenvalue weighted by atomic mass is 15.1. The lowest BCUT2D eigenvalue weighted by Gasteiger charge is -2.35. The molecule has 0 aromatic rings. The van der Waals surface area contributed by atoms with Crippen LogP contribution in [0.15, 0.2) is 0 Å². The third-order valence-electron chi connectivity index (χ3n) is 3.47. The van der Waals surface area contributed by atoms with Gasteiger partial charge in [-0.2, -0.15) is 0 Å². The summed E-state index contributed by atoms with van der Waals surface area (Å²) < 4.78 is 0. The van der Waals surface area contributed by atoms with Crippen molar-refractivity contribution in [3.8, 4) is 0 Å². The summed E-state index contributed by atoms with van der Waals surface area (Å²) in [5, 5.41) is 3.65. The number of nitrogens with one attached hydrogen (secondary N) is 1. The summed E-state index contributed by atoms with van der Waals surface area (Å²) in [5.74, 6) is 0. The van der Waals surface area contributed by atoms with Crippen LogP contribution in [0.25, 0.3) is 0 Å². The number of nitrogens with zero attached hydrogens (tertiary/aromatic N) is 1. The van der Waals surface area contributed by atoms with E-state index in [0.29, 0.717) is 6.04 Å². The largest absolute Gasteiger partial charge is 0.312 e. The third-order valence-corrected chi connectivity index (χ3v) is 3.47. The summed E-state index contributed by atoms with van der Waals surface area (Å²) in [4.78, 5) is 2.55. The minimum Gasteiger partial charge on any atom is -0.312 e. The topological polar surface area (TPSA) is 15.3 Å². The van der Waals surface area contributed by atoms with Gasteiger partial charge in [0.2, 0.25) is 0 Å². The van der Waals surface area contributed by atoms with Gasteiger partial charge in [-0.3, -0.25) is 0 Å². The van der Waals surface area contributed by atoms with Gasteiger partial charge in [0.05, 0.1) is 0 Å². The molecule has 15 heavy (non-hydrogen) atoms. The van der Waals surface area contributed by atoms with E-state index in [0.717, 1.165) is 12.1 Å².